The average Bonchev–Trinajstić information content (AvgIpc) is 3.38. The minimum atomic E-state index is -0.0542. The Labute approximate surface area is 426 Å². The molecule has 5 aromatic carbocycles. The Morgan fingerprint density at radius 2 is 0.833 bits per heavy atom. The number of ketones is 2. The zero-order chi connectivity index (χ0) is 51.0. The zero-order valence-electron chi connectivity index (χ0n) is 43.5. The van der Waals surface area contributed by atoms with E-state index in [1.807, 2.05) is 14.1 Å². The SMILES string of the molecule is CNCc1ccc2cc3ccc(CNC)cc3[n+](CCCCCC(=O)NCCCC(=O)c3cccc(C(=O)CCCNC(=O)CCCCC[n+]4c5cc(N(C)C)ccc5cc5ccc(N(C)C)cc54)c3)c2c1. The third-order valence-electron chi connectivity index (χ3n) is 13.7. The molecule has 12 nitrogen and oxygen atoms in total. The van der Waals surface area contributed by atoms with Gasteiger partial charge in [-0.25, -0.2) is 0 Å². The van der Waals surface area contributed by atoms with Crippen molar-refractivity contribution in [2.75, 3.05) is 65.2 Å². The number of aryl methyl sites for hydroxylation is 2. The van der Waals surface area contributed by atoms with Gasteiger partial charge in [-0.3, -0.25) is 19.2 Å². The number of anilines is 2. The third-order valence-corrected chi connectivity index (χ3v) is 13.7. The summed E-state index contributed by atoms with van der Waals surface area (Å²) in [4.78, 5) is 56.0. The number of benzene rings is 5. The van der Waals surface area contributed by atoms with Gasteiger partial charge in [0.2, 0.25) is 33.9 Å². The molecular formula is C60H76N8O4+2. The molecule has 0 aliphatic rings. The standard InChI is InChI=1S/C60H74N8O4/c1-61-41-43-22-24-45-36-46-25-23-44(42-62-2)35-54(46)67(53(45)34-43)32-11-7-9-20-59(71)63-30-14-18-57(69)49-16-13-17-50(38-49)58(70)19-15-31-64-60(72)21-10-8-12-33-68-55-39-51(65(3)4)28-26-47(55)37-48-27-29-52(66(5)6)40-56(48)68/h13,16-17,22-29,34-40,61-62H,7-12,14-15,18-21,30-33,41-42H2,1-6H3/p+2. The highest BCUT2D eigenvalue weighted by Gasteiger charge is 2.20. The van der Waals surface area contributed by atoms with Crippen LogP contribution in [-0.2, 0) is 35.8 Å². The number of nitrogens with zero attached hydrogens (tertiary/aromatic N) is 4. The summed E-state index contributed by atoms with van der Waals surface area (Å²) in [7, 11) is 12.2. The van der Waals surface area contributed by atoms with Gasteiger partial charge >= 0.3 is 0 Å². The maximum atomic E-state index is 13.1. The van der Waals surface area contributed by atoms with E-state index in [0.29, 0.717) is 49.9 Å². The van der Waals surface area contributed by atoms with Crippen molar-refractivity contribution in [1.29, 1.82) is 0 Å². The molecule has 378 valence electrons. The van der Waals surface area contributed by atoms with Crippen LogP contribution in [0.1, 0.15) is 109 Å². The molecule has 0 unspecified atom stereocenters. The molecule has 0 aliphatic heterocycles. The molecule has 0 saturated carbocycles. The number of nitrogens with one attached hydrogen (secondary N) is 4. The van der Waals surface area contributed by atoms with Crippen LogP contribution in [0.25, 0.3) is 43.6 Å². The lowest BCUT2D eigenvalue weighted by Crippen LogP contribution is -2.36. The summed E-state index contributed by atoms with van der Waals surface area (Å²) in [6, 6.07) is 38.0. The predicted molar refractivity (Wildman–Crippen MR) is 294 cm³/mol. The second-order valence-corrected chi connectivity index (χ2v) is 19.7. The lowest BCUT2D eigenvalue weighted by Gasteiger charge is -2.15. The summed E-state index contributed by atoms with van der Waals surface area (Å²) in [6.45, 7) is 4.17. The molecule has 0 radical (unpaired) electrons. The van der Waals surface area contributed by atoms with Crippen LogP contribution in [-0.4, -0.2) is 78.8 Å². The number of carbonyl (C=O) groups is 4. The number of hydrogen-bond acceptors (Lipinski definition) is 8. The van der Waals surface area contributed by atoms with Gasteiger partial charge < -0.3 is 31.1 Å². The highest BCUT2D eigenvalue weighted by molar-refractivity contribution is 6.01. The van der Waals surface area contributed by atoms with Crippen molar-refractivity contribution in [3.05, 3.63) is 131 Å². The smallest absolute Gasteiger partial charge is 0.219 e. The summed E-state index contributed by atoms with van der Waals surface area (Å²) in [5, 5.41) is 17.4. The van der Waals surface area contributed by atoms with Gasteiger partial charge in [-0.05, 0) is 118 Å². The van der Waals surface area contributed by atoms with Crippen molar-refractivity contribution in [2.45, 2.75) is 103 Å². The maximum absolute atomic E-state index is 13.1. The lowest BCUT2D eigenvalue weighted by molar-refractivity contribution is -0.646. The second-order valence-electron chi connectivity index (χ2n) is 19.7. The van der Waals surface area contributed by atoms with Gasteiger partial charge in [-0.1, -0.05) is 30.3 Å². The summed E-state index contributed by atoms with van der Waals surface area (Å²) in [5.41, 5.74) is 10.6. The third kappa shape index (κ3) is 14.2. The fourth-order valence-corrected chi connectivity index (χ4v) is 9.68. The van der Waals surface area contributed by atoms with Gasteiger partial charge in [0.25, 0.3) is 0 Å². The molecular weight excluding hydrogens is 897 g/mol. The van der Waals surface area contributed by atoms with E-state index in [9.17, 15) is 19.2 Å². The van der Waals surface area contributed by atoms with Crippen LogP contribution < -0.4 is 40.2 Å². The highest BCUT2D eigenvalue weighted by Crippen LogP contribution is 2.26. The number of aromatic nitrogens is 2. The van der Waals surface area contributed by atoms with Crippen molar-refractivity contribution < 1.29 is 28.3 Å². The first-order chi connectivity index (χ1) is 34.9. The Hall–Kier alpha value is -6.76. The first-order valence-electron chi connectivity index (χ1n) is 26.0. The molecule has 0 atom stereocenters. The van der Waals surface area contributed by atoms with Gasteiger partial charge in [0.1, 0.15) is 13.1 Å². The molecule has 2 aromatic heterocycles. The van der Waals surface area contributed by atoms with E-state index in [-0.39, 0.29) is 36.2 Å². The van der Waals surface area contributed by atoms with Crippen molar-refractivity contribution in [3.63, 3.8) is 0 Å². The van der Waals surface area contributed by atoms with Crippen LogP contribution in [0.5, 0.6) is 0 Å². The van der Waals surface area contributed by atoms with E-state index in [1.54, 1.807) is 24.3 Å². The Bertz CT molecular complexity index is 2890. The number of unbranched alkanes of at least 4 members (excludes halogenated alkanes) is 4. The number of amides is 2. The van der Waals surface area contributed by atoms with Crippen molar-refractivity contribution in [1.82, 2.24) is 21.3 Å². The fourth-order valence-electron chi connectivity index (χ4n) is 9.68. The molecule has 7 aromatic rings. The van der Waals surface area contributed by atoms with Gasteiger partial charge in [0.05, 0.1) is 0 Å². The van der Waals surface area contributed by atoms with E-state index < -0.39 is 0 Å². The summed E-state index contributed by atoms with van der Waals surface area (Å²) in [5.74, 6) is -0.107. The van der Waals surface area contributed by atoms with Crippen LogP contribution in [0.2, 0.25) is 0 Å². The summed E-state index contributed by atoms with van der Waals surface area (Å²) in [6.07, 6.45) is 7.82. The lowest BCUT2D eigenvalue weighted by atomic mass is 10.00. The molecule has 12 heteroatoms. The monoisotopic (exact) mass is 973 g/mol. The molecule has 7 rings (SSSR count). The fraction of sp³-hybridized carbons (Fsp3) is 0.400. The van der Waals surface area contributed by atoms with Crippen LogP contribution in [0.3, 0.4) is 0 Å². The number of pyridine rings is 2. The molecule has 0 spiro atoms. The Balaban J connectivity index is 0.779. The Morgan fingerprint density at radius 3 is 1.24 bits per heavy atom. The molecule has 72 heavy (non-hydrogen) atoms. The van der Waals surface area contributed by atoms with Gasteiger partial charge in [0, 0.05) is 161 Å². The number of hydrogen-bond donors (Lipinski definition) is 4. The van der Waals surface area contributed by atoms with E-state index >= 15 is 0 Å². The minimum absolute atomic E-state index is 0.000207. The quantitative estimate of drug-likeness (QED) is 0.0166. The summed E-state index contributed by atoms with van der Waals surface area (Å²) >= 11 is 0. The minimum Gasteiger partial charge on any atom is -0.377 e. The van der Waals surface area contributed by atoms with Gasteiger partial charge in [0.15, 0.2) is 11.6 Å². The first kappa shape index (κ1) is 53.0. The number of Topliss-reactive ketones (excluding diaryl/α,β-unsaturated/α-hetero) is 2. The van der Waals surface area contributed by atoms with E-state index in [2.05, 4.69) is 153 Å². The number of fused-ring (bicyclic) bond motifs is 4. The second kappa shape index (κ2) is 26.1. The average molecular weight is 973 g/mol. The first-order valence-corrected chi connectivity index (χ1v) is 26.0. The molecule has 0 fully saturated rings. The predicted octanol–water partition coefficient (Wildman–Crippen LogP) is 9.12. The molecule has 0 aliphatic carbocycles. The van der Waals surface area contributed by atoms with Crippen molar-refractivity contribution >= 4 is 78.4 Å². The van der Waals surface area contributed by atoms with Gasteiger partial charge in [-0.15, -0.1) is 0 Å². The Kier molecular flexibility index (Phi) is 19.2. The number of rotatable bonds is 28. The largest absolute Gasteiger partial charge is 0.377 e. The normalized spacial score (nSPS) is 11.4. The van der Waals surface area contributed by atoms with Crippen molar-refractivity contribution in [3.8, 4) is 0 Å². The van der Waals surface area contributed by atoms with Crippen LogP contribution >= 0.6 is 0 Å². The molecule has 4 N–H and O–H groups in total. The summed E-state index contributed by atoms with van der Waals surface area (Å²) < 4.78 is 4.86. The van der Waals surface area contributed by atoms with E-state index in [1.165, 1.54) is 54.7 Å². The van der Waals surface area contributed by atoms with E-state index in [0.717, 1.165) is 76.1 Å². The zero-order valence-corrected chi connectivity index (χ0v) is 43.5. The molecule has 2 heterocycles. The Morgan fingerprint density at radius 1 is 0.431 bits per heavy atom. The van der Waals surface area contributed by atoms with Crippen LogP contribution in [0, 0.1) is 0 Å². The molecule has 0 saturated heterocycles. The van der Waals surface area contributed by atoms with E-state index in [4.69, 9.17) is 0 Å². The topological polar surface area (TPSA) is 131 Å². The van der Waals surface area contributed by atoms with Crippen LogP contribution in [0.4, 0.5) is 11.4 Å². The van der Waals surface area contributed by atoms with Crippen molar-refractivity contribution in [2.24, 2.45) is 0 Å². The van der Waals surface area contributed by atoms with Gasteiger partial charge in [-0.2, -0.15) is 9.13 Å². The van der Waals surface area contributed by atoms with Crippen LogP contribution in [0.15, 0.2) is 109 Å². The molecule has 2 amide bonds. The number of carbonyl (C=O) groups excluding carboxylic acids is 4. The maximum Gasteiger partial charge on any atom is 0.219 e. The highest BCUT2D eigenvalue weighted by atomic mass is 16.2. The molecule has 0 bridgehead atoms.